The molecule has 1 amide bonds. The first-order chi connectivity index (χ1) is 14.8. The maximum absolute atomic E-state index is 13.1. The molecule has 0 aromatic heterocycles. The number of halogens is 1. The minimum absolute atomic E-state index is 0.0182. The van der Waals surface area contributed by atoms with Gasteiger partial charge in [0.25, 0.3) is 15.9 Å². The maximum Gasteiger partial charge on any atom is 0.265 e. The van der Waals surface area contributed by atoms with E-state index in [0.29, 0.717) is 28.8 Å². The molecule has 0 radical (unpaired) electrons. The van der Waals surface area contributed by atoms with E-state index in [9.17, 15) is 13.2 Å². The number of hydrogen-bond acceptors (Lipinski definition) is 5. The molecule has 0 bridgehead atoms. The molecule has 2 aromatic carbocycles. The smallest absolute Gasteiger partial charge is 0.265 e. The van der Waals surface area contributed by atoms with Crippen LogP contribution in [0.1, 0.15) is 30.1 Å². The molecule has 168 valence electrons. The highest BCUT2D eigenvalue weighted by Crippen LogP contribution is 2.29. The second-order valence-electron chi connectivity index (χ2n) is 7.47. The lowest BCUT2D eigenvalue weighted by atomic mass is 10.1. The first-order valence-corrected chi connectivity index (χ1v) is 12.6. The average molecular weight is 510 g/mol. The van der Waals surface area contributed by atoms with Gasteiger partial charge in [-0.3, -0.25) is 9.52 Å². The quantitative estimate of drug-likeness (QED) is 0.613. The molecule has 2 aromatic rings. The summed E-state index contributed by atoms with van der Waals surface area (Å²) in [6, 6.07) is 11.4. The van der Waals surface area contributed by atoms with Gasteiger partial charge < -0.3 is 14.5 Å². The maximum atomic E-state index is 13.1. The van der Waals surface area contributed by atoms with E-state index in [4.69, 9.17) is 4.74 Å². The number of rotatable bonds is 7. The zero-order valence-electron chi connectivity index (χ0n) is 17.8. The summed E-state index contributed by atoms with van der Waals surface area (Å²) in [6.45, 7) is 6.41. The molecule has 9 heteroatoms. The van der Waals surface area contributed by atoms with E-state index in [1.54, 1.807) is 36.4 Å². The predicted octanol–water partition coefficient (Wildman–Crippen LogP) is 3.82. The van der Waals surface area contributed by atoms with Crippen LogP contribution in [0.15, 0.2) is 51.8 Å². The first kappa shape index (κ1) is 23.6. The number of anilines is 1. The Labute approximate surface area is 192 Å². The van der Waals surface area contributed by atoms with Crippen LogP contribution in [0.4, 0.5) is 5.69 Å². The Balaban J connectivity index is 1.77. The third kappa shape index (κ3) is 5.99. The number of nitrogens with zero attached hydrogens (tertiary/aromatic N) is 2. The molecule has 0 saturated carbocycles. The summed E-state index contributed by atoms with van der Waals surface area (Å²) >= 11 is 3.30. The van der Waals surface area contributed by atoms with Crippen LogP contribution in [-0.2, 0) is 10.0 Å². The summed E-state index contributed by atoms with van der Waals surface area (Å²) in [5.74, 6) is 0.156. The van der Waals surface area contributed by atoms with E-state index in [1.807, 2.05) is 4.90 Å². The van der Waals surface area contributed by atoms with E-state index >= 15 is 0 Å². The van der Waals surface area contributed by atoms with Crippen LogP contribution in [0.25, 0.3) is 0 Å². The van der Waals surface area contributed by atoms with Gasteiger partial charge in [-0.25, -0.2) is 8.42 Å². The molecule has 0 spiro atoms. The molecular formula is C22H28BrN3O4S. The fraction of sp³-hybridized carbons (Fsp3) is 0.409. The van der Waals surface area contributed by atoms with Crippen LogP contribution in [0, 0.1) is 0 Å². The Bertz CT molecular complexity index is 1030. The zero-order chi connectivity index (χ0) is 22.4. The molecule has 0 unspecified atom stereocenters. The molecule has 1 saturated heterocycles. The number of nitrogens with one attached hydrogen (secondary N) is 1. The Hall–Kier alpha value is -2.10. The Kier molecular flexibility index (Phi) is 7.96. The molecule has 0 atom stereocenters. The van der Waals surface area contributed by atoms with Crippen molar-refractivity contribution in [1.82, 2.24) is 9.80 Å². The SMILES string of the molecule is CCCN1CCCN(C(=O)c2cccc(NS(=O)(=O)c3cc(Br)ccc3OC)c2)CC1. The van der Waals surface area contributed by atoms with Crippen molar-refractivity contribution in [2.75, 3.05) is 44.6 Å². The third-order valence-electron chi connectivity index (χ3n) is 5.19. The highest BCUT2D eigenvalue weighted by atomic mass is 79.9. The van der Waals surface area contributed by atoms with E-state index in [1.165, 1.54) is 13.2 Å². The molecule has 1 fully saturated rings. The molecule has 1 N–H and O–H groups in total. The van der Waals surface area contributed by atoms with Crippen LogP contribution in [0.3, 0.4) is 0 Å². The molecular weight excluding hydrogens is 482 g/mol. The molecule has 0 aliphatic carbocycles. The molecule has 7 nitrogen and oxygen atoms in total. The number of amides is 1. The lowest BCUT2D eigenvalue weighted by Crippen LogP contribution is -2.35. The third-order valence-corrected chi connectivity index (χ3v) is 7.09. The first-order valence-electron chi connectivity index (χ1n) is 10.3. The van der Waals surface area contributed by atoms with Crippen LogP contribution in [0.5, 0.6) is 5.75 Å². The van der Waals surface area contributed by atoms with Crippen molar-refractivity contribution in [3.8, 4) is 5.75 Å². The summed E-state index contributed by atoms with van der Waals surface area (Å²) < 4.78 is 34.3. The lowest BCUT2D eigenvalue weighted by molar-refractivity contribution is 0.0761. The lowest BCUT2D eigenvalue weighted by Gasteiger charge is -2.22. The van der Waals surface area contributed by atoms with E-state index in [-0.39, 0.29) is 16.6 Å². The monoisotopic (exact) mass is 509 g/mol. The second-order valence-corrected chi connectivity index (χ2v) is 10.0. The van der Waals surface area contributed by atoms with Crippen LogP contribution < -0.4 is 9.46 Å². The highest BCUT2D eigenvalue weighted by molar-refractivity contribution is 9.10. The van der Waals surface area contributed by atoms with Gasteiger partial charge in [-0.15, -0.1) is 0 Å². The highest BCUT2D eigenvalue weighted by Gasteiger charge is 2.23. The van der Waals surface area contributed by atoms with Gasteiger partial charge in [0, 0.05) is 35.4 Å². The van der Waals surface area contributed by atoms with Gasteiger partial charge in [0.2, 0.25) is 0 Å². The number of carbonyl (C=O) groups excluding carboxylic acids is 1. The van der Waals surface area contributed by atoms with Crippen molar-refractivity contribution in [3.63, 3.8) is 0 Å². The van der Waals surface area contributed by atoms with Crippen molar-refractivity contribution in [3.05, 3.63) is 52.5 Å². The second kappa shape index (κ2) is 10.5. The van der Waals surface area contributed by atoms with Gasteiger partial charge in [-0.1, -0.05) is 28.9 Å². The van der Waals surface area contributed by atoms with Crippen molar-refractivity contribution in [1.29, 1.82) is 0 Å². The van der Waals surface area contributed by atoms with Crippen molar-refractivity contribution in [2.24, 2.45) is 0 Å². The standard InChI is InChI=1S/C22H28BrN3O4S/c1-3-10-25-11-5-12-26(14-13-25)22(27)17-6-4-7-19(15-17)24-31(28,29)21-16-18(23)8-9-20(21)30-2/h4,6-9,15-16,24H,3,5,10-14H2,1-2H3. The minimum Gasteiger partial charge on any atom is -0.495 e. The molecule has 1 aliphatic heterocycles. The number of hydrogen-bond donors (Lipinski definition) is 1. The Morgan fingerprint density at radius 3 is 2.68 bits per heavy atom. The topological polar surface area (TPSA) is 79.0 Å². The Morgan fingerprint density at radius 1 is 1.13 bits per heavy atom. The van der Waals surface area contributed by atoms with Gasteiger partial charge in [-0.2, -0.15) is 0 Å². The summed E-state index contributed by atoms with van der Waals surface area (Å²) in [7, 11) is -2.48. The summed E-state index contributed by atoms with van der Waals surface area (Å²) in [5.41, 5.74) is 0.792. The summed E-state index contributed by atoms with van der Waals surface area (Å²) in [4.78, 5) is 17.3. The van der Waals surface area contributed by atoms with Gasteiger partial charge in [-0.05, 0) is 62.3 Å². The molecule has 3 rings (SSSR count). The van der Waals surface area contributed by atoms with Crippen LogP contribution >= 0.6 is 15.9 Å². The summed E-state index contributed by atoms with van der Waals surface area (Å²) in [5, 5.41) is 0. The number of ether oxygens (including phenoxy) is 1. The largest absolute Gasteiger partial charge is 0.495 e. The predicted molar refractivity (Wildman–Crippen MR) is 125 cm³/mol. The van der Waals surface area contributed by atoms with E-state index in [0.717, 1.165) is 32.5 Å². The Morgan fingerprint density at radius 2 is 1.94 bits per heavy atom. The number of carbonyl (C=O) groups is 1. The average Bonchev–Trinajstić information content (AvgIpc) is 2.99. The van der Waals surface area contributed by atoms with Gasteiger partial charge in [0.05, 0.1) is 7.11 Å². The van der Waals surface area contributed by atoms with E-state index in [2.05, 4.69) is 32.5 Å². The summed E-state index contributed by atoms with van der Waals surface area (Å²) in [6.07, 6.45) is 2.03. The van der Waals surface area contributed by atoms with Crippen molar-refractivity contribution in [2.45, 2.75) is 24.7 Å². The van der Waals surface area contributed by atoms with Gasteiger partial charge in [0.1, 0.15) is 10.6 Å². The molecule has 31 heavy (non-hydrogen) atoms. The normalized spacial score (nSPS) is 15.4. The number of benzene rings is 2. The fourth-order valence-electron chi connectivity index (χ4n) is 3.68. The molecule has 1 aliphatic rings. The molecule has 1 heterocycles. The number of sulfonamides is 1. The van der Waals surface area contributed by atoms with Gasteiger partial charge >= 0.3 is 0 Å². The van der Waals surface area contributed by atoms with Crippen molar-refractivity contribution >= 4 is 37.5 Å². The zero-order valence-corrected chi connectivity index (χ0v) is 20.2. The van der Waals surface area contributed by atoms with Gasteiger partial charge in [0.15, 0.2) is 0 Å². The number of methoxy groups -OCH3 is 1. The van der Waals surface area contributed by atoms with Crippen LogP contribution in [-0.4, -0.2) is 64.0 Å². The van der Waals surface area contributed by atoms with Crippen LogP contribution in [0.2, 0.25) is 0 Å². The fourth-order valence-corrected chi connectivity index (χ4v) is 5.44. The van der Waals surface area contributed by atoms with Crippen molar-refractivity contribution < 1.29 is 17.9 Å². The minimum atomic E-state index is -3.90. The van der Waals surface area contributed by atoms with E-state index < -0.39 is 10.0 Å².